The van der Waals surface area contributed by atoms with Gasteiger partial charge in [-0.3, -0.25) is 0 Å². The van der Waals surface area contributed by atoms with Crippen LogP contribution in [0.1, 0.15) is 21.7 Å². The standard InChI is InChI=1S/C13H15NOS/c1-8-4-5-9(2)11(6-8)13-14-12(7-15)10(3)16-13/h4-6,15H,7H2,1-3H3. The van der Waals surface area contributed by atoms with Gasteiger partial charge in [-0.2, -0.15) is 0 Å². The van der Waals surface area contributed by atoms with Crippen molar-refractivity contribution in [1.29, 1.82) is 0 Å². The molecule has 0 saturated carbocycles. The number of hydrogen-bond acceptors (Lipinski definition) is 3. The minimum absolute atomic E-state index is 0.0210. The second-order valence-electron chi connectivity index (χ2n) is 4.00. The first kappa shape index (κ1) is 11.3. The van der Waals surface area contributed by atoms with Crippen LogP contribution in [0.3, 0.4) is 0 Å². The SMILES string of the molecule is Cc1ccc(C)c(-c2nc(CO)c(C)s2)c1. The monoisotopic (exact) mass is 233 g/mol. The average molecular weight is 233 g/mol. The molecular weight excluding hydrogens is 218 g/mol. The highest BCUT2D eigenvalue weighted by molar-refractivity contribution is 7.15. The minimum atomic E-state index is 0.0210. The van der Waals surface area contributed by atoms with E-state index < -0.39 is 0 Å². The molecule has 2 aromatic rings. The van der Waals surface area contributed by atoms with Gasteiger partial charge in [0.25, 0.3) is 0 Å². The van der Waals surface area contributed by atoms with Crippen molar-refractivity contribution < 1.29 is 5.11 Å². The van der Waals surface area contributed by atoms with Gasteiger partial charge in [0.2, 0.25) is 0 Å². The van der Waals surface area contributed by atoms with E-state index in [1.165, 1.54) is 16.7 Å². The first-order valence-corrected chi connectivity index (χ1v) is 6.08. The first-order chi connectivity index (χ1) is 7.61. The summed E-state index contributed by atoms with van der Waals surface area (Å²) in [6, 6.07) is 6.36. The quantitative estimate of drug-likeness (QED) is 0.864. The molecule has 84 valence electrons. The Kier molecular flexibility index (Phi) is 3.08. The molecule has 0 fully saturated rings. The summed E-state index contributed by atoms with van der Waals surface area (Å²) < 4.78 is 0. The molecule has 0 saturated heterocycles. The summed E-state index contributed by atoms with van der Waals surface area (Å²) in [7, 11) is 0. The third-order valence-electron chi connectivity index (χ3n) is 2.67. The van der Waals surface area contributed by atoms with E-state index in [1.807, 2.05) is 6.92 Å². The molecule has 1 N–H and O–H groups in total. The maximum atomic E-state index is 9.15. The molecule has 2 rings (SSSR count). The Morgan fingerprint density at radius 1 is 1.25 bits per heavy atom. The van der Waals surface area contributed by atoms with Crippen molar-refractivity contribution in [1.82, 2.24) is 4.98 Å². The van der Waals surface area contributed by atoms with Crippen LogP contribution < -0.4 is 0 Å². The molecule has 0 unspecified atom stereocenters. The van der Waals surface area contributed by atoms with Crippen molar-refractivity contribution >= 4 is 11.3 Å². The summed E-state index contributed by atoms with van der Waals surface area (Å²) in [5.74, 6) is 0. The van der Waals surface area contributed by atoms with E-state index >= 15 is 0 Å². The molecule has 1 aromatic heterocycles. The van der Waals surface area contributed by atoms with Gasteiger partial charge >= 0.3 is 0 Å². The molecule has 0 spiro atoms. The number of thiazole rings is 1. The highest BCUT2D eigenvalue weighted by atomic mass is 32.1. The fourth-order valence-electron chi connectivity index (χ4n) is 1.66. The maximum Gasteiger partial charge on any atom is 0.124 e. The molecule has 0 amide bonds. The van der Waals surface area contributed by atoms with Gasteiger partial charge < -0.3 is 5.11 Å². The van der Waals surface area contributed by atoms with Crippen molar-refractivity contribution in [3.63, 3.8) is 0 Å². The lowest BCUT2D eigenvalue weighted by Gasteiger charge is -2.03. The number of aliphatic hydroxyl groups is 1. The van der Waals surface area contributed by atoms with Crippen LogP contribution in [0.5, 0.6) is 0 Å². The highest BCUT2D eigenvalue weighted by Crippen LogP contribution is 2.30. The molecule has 2 nitrogen and oxygen atoms in total. The van der Waals surface area contributed by atoms with E-state index in [2.05, 4.69) is 37.0 Å². The molecule has 0 atom stereocenters. The van der Waals surface area contributed by atoms with Gasteiger partial charge in [0.15, 0.2) is 0 Å². The predicted octanol–water partition coefficient (Wildman–Crippen LogP) is 3.23. The summed E-state index contributed by atoms with van der Waals surface area (Å²) in [4.78, 5) is 5.56. The second-order valence-corrected chi connectivity index (χ2v) is 5.20. The minimum Gasteiger partial charge on any atom is -0.390 e. The fraction of sp³-hybridized carbons (Fsp3) is 0.308. The molecule has 0 bridgehead atoms. The number of aliphatic hydroxyl groups excluding tert-OH is 1. The lowest BCUT2D eigenvalue weighted by molar-refractivity contribution is 0.277. The number of benzene rings is 1. The molecule has 0 radical (unpaired) electrons. The van der Waals surface area contributed by atoms with E-state index in [1.54, 1.807) is 11.3 Å². The van der Waals surface area contributed by atoms with E-state index in [0.717, 1.165) is 15.6 Å². The van der Waals surface area contributed by atoms with Crippen LogP contribution in [0.2, 0.25) is 0 Å². The van der Waals surface area contributed by atoms with Crippen LogP contribution in [0.25, 0.3) is 10.6 Å². The van der Waals surface area contributed by atoms with Crippen molar-refractivity contribution in [2.45, 2.75) is 27.4 Å². The largest absolute Gasteiger partial charge is 0.390 e. The van der Waals surface area contributed by atoms with Crippen molar-refractivity contribution in [2.75, 3.05) is 0 Å². The number of aromatic nitrogens is 1. The molecule has 0 aliphatic heterocycles. The third kappa shape index (κ3) is 2.01. The third-order valence-corrected chi connectivity index (χ3v) is 3.71. The van der Waals surface area contributed by atoms with E-state index in [9.17, 15) is 0 Å². The molecule has 16 heavy (non-hydrogen) atoms. The molecule has 0 aliphatic carbocycles. The molecule has 3 heteroatoms. The predicted molar refractivity (Wildman–Crippen MR) is 67.7 cm³/mol. The summed E-state index contributed by atoms with van der Waals surface area (Å²) in [5.41, 5.74) is 4.43. The van der Waals surface area contributed by atoms with Crippen molar-refractivity contribution in [3.8, 4) is 10.6 Å². The first-order valence-electron chi connectivity index (χ1n) is 5.26. The zero-order chi connectivity index (χ0) is 11.7. The lowest BCUT2D eigenvalue weighted by Crippen LogP contribution is -1.87. The van der Waals surface area contributed by atoms with Gasteiger partial charge in [-0.25, -0.2) is 4.98 Å². The highest BCUT2D eigenvalue weighted by Gasteiger charge is 2.10. The van der Waals surface area contributed by atoms with Crippen LogP contribution in [-0.4, -0.2) is 10.1 Å². The second kappa shape index (κ2) is 4.36. The average Bonchev–Trinajstić information content (AvgIpc) is 2.63. The van der Waals surface area contributed by atoms with Gasteiger partial charge in [0, 0.05) is 10.4 Å². The summed E-state index contributed by atoms with van der Waals surface area (Å²) in [6.07, 6.45) is 0. The Labute approximate surface area is 99.6 Å². The summed E-state index contributed by atoms with van der Waals surface area (Å²) in [5, 5.41) is 10.1. The Balaban J connectivity index is 2.53. The number of hydrogen-bond donors (Lipinski definition) is 1. The molecule has 1 heterocycles. The molecular formula is C13H15NOS. The number of nitrogens with zero attached hydrogens (tertiary/aromatic N) is 1. The Bertz CT molecular complexity index is 517. The van der Waals surface area contributed by atoms with E-state index in [0.29, 0.717) is 0 Å². The van der Waals surface area contributed by atoms with Gasteiger partial charge in [-0.1, -0.05) is 17.7 Å². The molecule has 1 aromatic carbocycles. The van der Waals surface area contributed by atoms with Crippen LogP contribution in [-0.2, 0) is 6.61 Å². The van der Waals surface area contributed by atoms with Crippen LogP contribution in [0, 0.1) is 20.8 Å². The van der Waals surface area contributed by atoms with Crippen LogP contribution in [0.4, 0.5) is 0 Å². The van der Waals surface area contributed by atoms with Gasteiger partial charge in [0.1, 0.15) is 5.01 Å². The van der Waals surface area contributed by atoms with Gasteiger partial charge in [0.05, 0.1) is 12.3 Å². The Hall–Kier alpha value is -1.19. The van der Waals surface area contributed by atoms with E-state index in [-0.39, 0.29) is 6.61 Å². The topological polar surface area (TPSA) is 33.1 Å². The maximum absolute atomic E-state index is 9.15. The number of aryl methyl sites for hydroxylation is 3. The van der Waals surface area contributed by atoms with Crippen LogP contribution in [0.15, 0.2) is 18.2 Å². The Morgan fingerprint density at radius 3 is 2.62 bits per heavy atom. The van der Waals surface area contributed by atoms with E-state index in [4.69, 9.17) is 5.11 Å². The van der Waals surface area contributed by atoms with Crippen molar-refractivity contribution in [3.05, 3.63) is 39.9 Å². The smallest absolute Gasteiger partial charge is 0.124 e. The van der Waals surface area contributed by atoms with Gasteiger partial charge in [-0.05, 0) is 32.4 Å². The summed E-state index contributed by atoms with van der Waals surface area (Å²) >= 11 is 1.64. The summed E-state index contributed by atoms with van der Waals surface area (Å²) in [6.45, 7) is 6.19. The fourth-order valence-corrected chi connectivity index (χ4v) is 2.66. The zero-order valence-electron chi connectivity index (χ0n) is 9.74. The van der Waals surface area contributed by atoms with Gasteiger partial charge in [-0.15, -0.1) is 11.3 Å². The molecule has 0 aliphatic rings. The van der Waals surface area contributed by atoms with Crippen molar-refractivity contribution in [2.24, 2.45) is 0 Å². The zero-order valence-corrected chi connectivity index (χ0v) is 10.6. The van der Waals surface area contributed by atoms with Crippen LogP contribution >= 0.6 is 11.3 Å². The normalized spacial score (nSPS) is 10.8. The number of rotatable bonds is 2. The Morgan fingerprint density at radius 2 is 2.00 bits per heavy atom. The lowest BCUT2D eigenvalue weighted by atomic mass is 10.1.